The minimum Gasteiger partial charge on any atom is -0.497 e. The Morgan fingerprint density at radius 1 is 1.18 bits per heavy atom. The molecule has 3 N–H and O–H groups in total. The van der Waals surface area contributed by atoms with Crippen LogP contribution in [0.1, 0.15) is 66.4 Å². The molecule has 222 valence electrons. The molecule has 0 saturated carbocycles. The van der Waals surface area contributed by atoms with Crippen LogP contribution < -0.4 is 15.4 Å². The maximum atomic E-state index is 12.5. The lowest BCUT2D eigenvalue weighted by molar-refractivity contribution is -0.383. The van der Waals surface area contributed by atoms with Crippen LogP contribution in [0, 0.1) is 10.1 Å². The minimum absolute atomic E-state index is 0.0270. The number of nitrogens with zero attached hydrogens (tertiary/aromatic N) is 4. The zero-order chi connectivity index (χ0) is 30.6. The average molecular weight is 574 g/mol. The normalized spacial score (nSPS) is 9.87. The molecule has 0 unspecified atom stereocenters. The van der Waals surface area contributed by atoms with E-state index in [0.717, 1.165) is 24.0 Å². The number of nitrogen functional groups attached to an aromatic ring is 1. The van der Waals surface area contributed by atoms with Gasteiger partial charge in [-0.3, -0.25) is 15.0 Å². The van der Waals surface area contributed by atoms with Gasteiger partial charge in [0, 0.05) is 12.9 Å². The van der Waals surface area contributed by atoms with E-state index in [1.807, 2.05) is 13.8 Å². The Bertz CT molecular complexity index is 1110. The third-order valence-electron chi connectivity index (χ3n) is 4.12. The summed E-state index contributed by atoms with van der Waals surface area (Å²) in [4.78, 5) is 31.2. The molecule has 1 amide bonds. The lowest BCUT2D eigenvalue weighted by Crippen LogP contribution is -2.33. The largest absolute Gasteiger partial charge is 0.497 e. The topological polar surface area (TPSA) is 188 Å². The van der Waals surface area contributed by atoms with Gasteiger partial charge in [-0.05, 0) is 31.0 Å². The number of hydrogen-bond acceptors (Lipinski definition) is 11. The Morgan fingerprint density at radius 3 is 2.18 bits per heavy atom. The van der Waals surface area contributed by atoms with E-state index in [-0.39, 0.29) is 13.2 Å². The summed E-state index contributed by atoms with van der Waals surface area (Å²) < 4.78 is 33.9. The number of methoxy groups -OCH3 is 1. The molecule has 13 nitrogen and oxygen atoms in total. The fraction of sp³-hybridized carbons (Fsp3) is 0.560. The van der Waals surface area contributed by atoms with Crippen molar-refractivity contribution in [2.45, 2.75) is 72.5 Å². The highest BCUT2D eigenvalue weighted by Gasteiger charge is 2.33. The van der Waals surface area contributed by atoms with Crippen LogP contribution in [-0.4, -0.2) is 61.1 Å². The predicted octanol–water partition coefficient (Wildman–Crippen LogP) is 4.76. The van der Waals surface area contributed by atoms with Gasteiger partial charge in [-0.2, -0.15) is 9.97 Å². The number of sulfone groups is 1. The van der Waals surface area contributed by atoms with Gasteiger partial charge in [0.05, 0.1) is 25.2 Å². The summed E-state index contributed by atoms with van der Waals surface area (Å²) in [7, 11) is -2.51. The van der Waals surface area contributed by atoms with Crippen molar-refractivity contribution in [1.82, 2.24) is 9.97 Å². The van der Waals surface area contributed by atoms with E-state index in [1.54, 1.807) is 31.2 Å². The van der Waals surface area contributed by atoms with E-state index in [9.17, 15) is 23.3 Å². The molecule has 0 radical (unpaired) electrons. The predicted molar refractivity (Wildman–Crippen MR) is 152 cm³/mol. The molecule has 0 aliphatic rings. The number of carbonyl (C=O) groups is 1. The van der Waals surface area contributed by atoms with E-state index in [4.69, 9.17) is 20.3 Å². The number of amides is 1. The van der Waals surface area contributed by atoms with Crippen molar-refractivity contribution in [3.8, 4) is 5.75 Å². The molecule has 0 bridgehead atoms. The Labute approximate surface area is 231 Å². The van der Waals surface area contributed by atoms with Crippen molar-refractivity contribution in [2.75, 3.05) is 37.2 Å². The Morgan fingerprint density at radius 2 is 1.77 bits per heavy atom. The van der Waals surface area contributed by atoms with Crippen LogP contribution in [0.2, 0.25) is 0 Å². The lowest BCUT2D eigenvalue weighted by Gasteiger charge is -2.21. The van der Waals surface area contributed by atoms with E-state index in [0.29, 0.717) is 17.9 Å². The number of anilines is 2. The zero-order valence-corrected chi connectivity index (χ0v) is 24.9. The molecule has 0 saturated heterocycles. The van der Waals surface area contributed by atoms with Gasteiger partial charge in [0.2, 0.25) is 21.5 Å². The average Bonchev–Trinajstić information content (AvgIpc) is 2.88. The summed E-state index contributed by atoms with van der Waals surface area (Å²) in [6.45, 7) is 11.9. The van der Waals surface area contributed by atoms with Crippen molar-refractivity contribution in [1.29, 1.82) is 0 Å². The van der Waals surface area contributed by atoms with Gasteiger partial charge in [-0.15, -0.1) is 0 Å². The zero-order valence-electron chi connectivity index (χ0n) is 24.1. The minimum atomic E-state index is -3.97. The number of unbranched alkanes of at least 4 members (excludes halogenated alkanes) is 1. The molecular formula is C25H43N5O8S. The number of aliphatic hydroxyl groups is 1. The summed E-state index contributed by atoms with van der Waals surface area (Å²) in [5.74, 6) is -0.801. The van der Waals surface area contributed by atoms with Crippen LogP contribution >= 0.6 is 0 Å². The van der Waals surface area contributed by atoms with Gasteiger partial charge in [0.1, 0.15) is 5.75 Å². The molecule has 0 aliphatic heterocycles. The first-order valence-electron chi connectivity index (χ1n) is 12.6. The fourth-order valence-corrected chi connectivity index (χ4v) is 3.02. The van der Waals surface area contributed by atoms with Crippen LogP contribution in [0.5, 0.6) is 5.75 Å². The molecule has 1 aromatic carbocycles. The van der Waals surface area contributed by atoms with Crippen LogP contribution in [0.15, 0.2) is 29.4 Å². The smallest absolute Gasteiger partial charge is 0.415 e. The highest BCUT2D eigenvalue weighted by atomic mass is 32.2. The number of rotatable bonds is 9. The summed E-state index contributed by atoms with van der Waals surface area (Å²) >= 11 is 0. The summed E-state index contributed by atoms with van der Waals surface area (Å²) in [6, 6.07) is 6.57. The SMILES string of the molecule is CC.CCC.CCCCO.CCOC(=O)N(Cc1cccc(OC)c1)c1nc(S(C)(=O)=O)nc(N)c1[N+](=O)[O-]. The highest BCUT2D eigenvalue weighted by Crippen LogP contribution is 2.33. The first-order chi connectivity index (χ1) is 18.4. The number of nitro groups is 1. The van der Waals surface area contributed by atoms with Crippen LogP contribution in [0.25, 0.3) is 0 Å². The van der Waals surface area contributed by atoms with Crippen molar-refractivity contribution in [3.05, 3.63) is 39.9 Å². The van der Waals surface area contributed by atoms with Crippen molar-refractivity contribution in [3.63, 3.8) is 0 Å². The Kier molecular flexibility index (Phi) is 19.7. The van der Waals surface area contributed by atoms with Crippen LogP contribution in [0.3, 0.4) is 0 Å². The number of carbonyl (C=O) groups excluding carboxylic acids is 1. The van der Waals surface area contributed by atoms with Gasteiger partial charge >= 0.3 is 11.8 Å². The molecule has 2 rings (SSSR count). The Hall–Kier alpha value is -3.52. The second kappa shape index (κ2) is 20.4. The molecule has 0 aliphatic carbocycles. The van der Waals surface area contributed by atoms with Gasteiger partial charge in [0.15, 0.2) is 0 Å². The van der Waals surface area contributed by atoms with E-state index >= 15 is 0 Å². The molecule has 14 heteroatoms. The quantitative estimate of drug-likeness (QED) is 0.239. The number of aliphatic hydroxyl groups excluding tert-OH is 1. The third-order valence-corrected chi connectivity index (χ3v) is 4.96. The van der Waals surface area contributed by atoms with Crippen molar-refractivity contribution < 1.29 is 32.7 Å². The van der Waals surface area contributed by atoms with E-state index in [2.05, 4.69) is 30.7 Å². The number of nitrogens with two attached hydrogens (primary N) is 1. The van der Waals surface area contributed by atoms with Gasteiger partial charge in [-0.1, -0.05) is 59.6 Å². The second-order valence-electron chi connectivity index (χ2n) is 7.51. The Balaban J connectivity index is 0. The molecule has 1 aromatic heterocycles. The van der Waals surface area contributed by atoms with Gasteiger partial charge in [0.25, 0.3) is 5.16 Å². The fourth-order valence-electron chi connectivity index (χ4n) is 2.51. The first-order valence-corrected chi connectivity index (χ1v) is 14.5. The van der Waals surface area contributed by atoms with E-state index < -0.39 is 43.3 Å². The molecule has 39 heavy (non-hydrogen) atoms. The maximum Gasteiger partial charge on any atom is 0.415 e. The molecule has 0 spiro atoms. The summed E-state index contributed by atoms with van der Waals surface area (Å²) in [5, 5.41) is 18.9. The summed E-state index contributed by atoms with van der Waals surface area (Å²) in [6.07, 6.45) is 3.13. The monoisotopic (exact) mass is 573 g/mol. The lowest BCUT2D eigenvalue weighted by atomic mass is 10.2. The number of hydrogen-bond donors (Lipinski definition) is 2. The second-order valence-corrected chi connectivity index (χ2v) is 9.42. The van der Waals surface area contributed by atoms with Crippen LogP contribution in [-0.2, 0) is 21.1 Å². The van der Waals surface area contributed by atoms with E-state index in [1.165, 1.54) is 13.5 Å². The third kappa shape index (κ3) is 13.7. The maximum absolute atomic E-state index is 12.5. The molecule has 0 atom stereocenters. The van der Waals surface area contributed by atoms with Crippen molar-refractivity contribution >= 4 is 33.3 Å². The molecule has 0 fully saturated rings. The first kappa shape index (κ1) is 37.6. The highest BCUT2D eigenvalue weighted by molar-refractivity contribution is 7.90. The van der Waals surface area contributed by atoms with Crippen LogP contribution in [0.4, 0.5) is 22.1 Å². The number of benzene rings is 1. The molecule has 2 aromatic rings. The standard InChI is InChI=1S/C16H19N5O7S.C4H10O.C3H8.C2H6/c1-4-28-16(22)20(9-10-6-5-7-11(8-10)27-2)14-12(21(23)24)13(17)18-15(19-14)29(3,25)26;1-2-3-4-5;1-3-2;1-2/h5-8H,4,9H2,1-3H3,(H2,17,18,19);5H,2-4H2,1H3;3H2,1-2H3;1-2H3. The molecular weight excluding hydrogens is 530 g/mol. The summed E-state index contributed by atoms with van der Waals surface area (Å²) in [5.41, 5.74) is 5.32. The van der Waals surface area contributed by atoms with Gasteiger partial charge in [-0.25, -0.2) is 13.2 Å². The number of ether oxygens (including phenoxy) is 2. The van der Waals surface area contributed by atoms with Gasteiger partial charge < -0.3 is 20.3 Å². The molecule has 1 heterocycles. The van der Waals surface area contributed by atoms with Crippen molar-refractivity contribution in [2.24, 2.45) is 0 Å². The number of aromatic nitrogens is 2.